The van der Waals surface area contributed by atoms with Crippen molar-refractivity contribution in [2.24, 2.45) is 5.92 Å². The maximum absolute atomic E-state index is 10.4. The lowest BCUT2D eigenvalue weighted by Gasteiger charge is -2.20. The van der Waals surface area contributed by atoms with Gasteiger partial charge < -0.3 is 26.4 Å². The monoisotopic (exact) mass is 464 g/mol. The molecular formula is C20H25ClN6O3S. The first kappa shape index (κ1) is 22.1. The average Bonchev–Trinajstić information content (AvgIpc) is 3.42. The number of fused-ring (bicyclic) bond motifs is 1. The zero-order valence-electron chi connectivity index (χ0n) is 16.9. The summed E-state index contributed by atoms with van der Waals surface area (Å²) in [5.41, 5.74) is 9.21. The van der Waals surface area contributed by atoms with Crippen molar-refractivity contribution in [2.45, 2.75) is 50.4 Å². The van der Waals surface area contributed by atoms with Crippen molar-refractivity contribution in [3.05, 3.63) is 23.7 Å². The van der Waals surface area contributed by atoms with Gasteiger partial charge in [0.05, 0.1) is 34.3 Å². The first-order chi connectivity index (χ1) is 14.4. The van der Waals surface area contributed by atoms with Crippen molar-refractivity contribution in [3.63, 3.8) is 0 Å². The summed E-state index contributed by atoms with van der Waals surface area (Å²) in [7, 11) is 0. The lowest BCUT2D eigenvalue weighted by atomic mass is 10.1. The van der Waals surface area contributed by atoms with Crippen LogP contribution >= 0.6 is 23.7 Å². The van der Waals surface area contributed by atoms with E-state index in [1.165, 1.54) is 12.8 Å². The molecule has 0 bridgehead atoms. The summed E-state index contributed by atoms with van der Waals surface area (Å²) < 4.78 is 1.06. The predicted molar refractivity (Wildman–Crippen MR) is 121 cm³/mol. The molecule has 0 saturated heterocycles. The number of pyridine rings is 1. The smallest absolute Gasteiger partial charge is 0.222 e. The summed E-state index contributed by atoms with van der Waals surface area (Å²) in [6.45, 7) is 1.65. The zero-order chi connectivity index (χ0) is 21.0. The Kier molecular flexibility index (Phi) is 6.01. The molecular weight excluding hydrogens is 440 g/mol. The number of rotatable bonds is 5. The summed E-state index contributed by atoms with van der Waals surface area (Å²) in [6, 6.07) is 1.64. The average molecular weight is 465 g/mol. The first-order valence-electron chi connectivity index (χ1n) is 10.1. The van der Waals surface area contributed by atoms with E-state index in [4.69, 9.17) is 10.7 Å². The lowest BCUT2D eigenvalue weighted by Crippen LogP contribution is -2.35. The molecule has 4 atom stereocenters. The van der Waals surface area contributed by atoms with Gasteiger partial charge in [-0.15, -0.1) is 23.7 Å². The van der Waals surface area contributed by atoms with Gasteiger partial charge in [-0.2, -0.15) is 4.98 Å². The molecule has 5 rings (SSSR count). The minimum atomic E-state index is -1.02. The Hall–Kier alpha value is -2.11. The quantitative estimate of drug-likeness (QED) is 0.381. The molecule has 0 aliphatic heterocycles. The highest BCUT2D eigenvalue weighted by atomic mass is 35.5. The Bertz CT molecular complexity index is 1110. The van der Waals surface area contributed by atoms with Gasteiger partial charge in [-0.25, -0.2) is 9.97 Å². The van der Waals surface area contributed by atoms with Crippen molar-refractivity contribution in [3.8, 4) is 10.6 Å². The number of nitrogens with one attached hydrogen (secondary N) is 1. The van der Waals surface area contributed by atoms with E-state index in [9.17, 15) is 15.3 Å². The van der Waals surface area contributed by atoms with Crippen molar-refractivity contribution in [2.75, 3.05) is 17.7 Å². The summed E-state index contributed by atoms with van der Waals surface area (Å²) in [6.07, 6.45) is 2.58. The van der Waals surface area contributed by atoms with Crippen molar-refractivity contribution >= 4 is 45.7 Å². The third-order valence-electron chi connectivity index (χ3n) is 5.97. The van der Waals surface area contributed by atoms with Crippen LogP contribution in [0.1, 0.15) is 36.6 Å². The fourth-order valence-electron chi connectivity index (χ4n) is 4.14. The first-order valence-corrected chi connectivity index (χ1v) is 10.9. The summed E-state index contributed by atoms with van der Waals surface area (Å²) in [5, 5.41) is 34.0. The maximum Gasteiger partial charge on any atom is 0.222 e. The predicted octanol–water partition coefficient (Wildman–Crippen LogP) is 1.85. The molecule has 3 heterocycles. The van der Waals surface area contributed by atoms with Crippen LogP contribution in [0.15, 0.2) is 12.3 Å². The fourth-order valence-corrected chi connectivity index (χ4v) is 5.22. The van der Waals surface area contributed by atoms with Crippen LogP contribution in [0, 0.1) is 12.8 Å². The molecule has 3 aromatic heterocycles. The molecule has 0 spiro atoms. The second kappa shape index (κ2) is 8.44. The number of hydrogen-bond donors (Lipinski definition) is 5. The second-order valence-electron chi connectivity index (χ2n) is 8.17. The van der Waals surface area contributed by atoms with Crippen molar-refractivity contribution in [1.29, 1.82) is 0 Å². The number of aromatic nitrogens is 4. The van der Waals surface area contributed by atoms with Gasteiger partial charge in [-0.1, -0.05) is 0 Å². The Morgan fingerprint density at radius 3 is 2.65 bits per heavy atom. The van der Waals surface area contributed by atoms with E-state index in [1.807, 2.05) is 13.1 Å². The molecule has 0 aromatic carbocycles. The van der Waals surface area contributed by atoms with Gasteiger partial charge in [0.1, 0.15) is 22.4 Å². The van der Waals surface area contributed by atoms with Crippen molar-refractivity contribution < 1.29 is 15.3 Å². The second-order valence-corrected chi connectivity index (χ2v) is 9.20. The van der Waals surface area contributed by atoms with Gasteiger partial charge in [-0.3, -0.25) is 4.98 Å². The van der Waals surface area contributed by atoms with Crippen LogP contribution in [-0.4, -0.2) is 60.1 Å². The zero-order valence-corrected chi connectivity index (χ0v) is 18.5. The molecule has 11 heteroatoms. The largest absolute Gasteiger partial charge is 0.396 e. The van der Waals surface area contributed by atoms with Gasteiger partial charge in [0.15, 0.2) is 0 Å². The summed E-state index contributed by atoms with van der Waals surface area (Å²) >= 11 is 1.54. The molecule has 31 heavy (non-hydrogen) atoms. The fraction of sp³-hybridized carbons (Fsp3) is 0.500. The van der Waals surface area contributed by atoms with Crippen LogP contribution in [0.25, 0.3) is 20.8 Å². The van der Waals surface area contributed by atoms with Gasteiger partial charge in [0.25, 0.3) is 0 Å². The van der Waals surface area contributed by atoms with E-state index in [1.54, 1.807) is 11.3 Å². The molecule has 2 saturated carbocycles. The Morgan fingerprint density at radius 1 is 1.19 bits per heavy atom. The maximum atomic E-state index is 10.4. The van der Waals surface area contributed by atoms with E-state index < -0.39 is 24.2 Å². The molecule has 0 unspecified atom stereocenters. The lowest BCUT2D eigenvalue weighted by molar-refractivity contribution is 0.00446. The van der Waals surface area contributed by atoms with Crippen LogP contribution in [-0.2, 0) is 0 Å². The number of anilines is 2. The minimum absolute atomic E-state index is 0. The highest BCUT2D eigenvalue weighted by Gasteiger charge is 2.41. The normalized spacial score (nSPS) is 25.5. The van der Waals surface area contributed by atoms with E-state index >= 15 is 0 Å². The highest BCUT2D eigenvalue weighted by molar-refractivity contribution is 7.21. The Labute approximate surface area is 189 Å². The van der Waals surface area contributed by atoms with E-state index in [-0.39, 0.29) is 25.0 Å². The van der Waals surface area contributed by atoms with Crippen LogP contribution in [0.2, 0.25) is 0 Å². The molecule has 0 radical (unpaired) electrons. The number of nitrogens with zero attached hydrogens (tertiary/aromatic N) is 4. The topological polar surface area (TPSA) is 150 Å². The van der Waals surface area contributed by atoms with E-state index in [2.05, 4.69) is 26.3 Å². The van der Waals surface area contributed by atoms with Crippen LogP contribution in [0.3, 0.4) is 0 Å². The molecule has 166 valence electrons. The molecule has 3 aromatic rings. The number of nitrogens with two attached hydrogens (primary N) is 1. The third-order valence-corrected chi connectivity index (χ3v) is 7.01. The molecule has 6 N–H and O–H groups in total. The number of halogens is 1. The van der Waals surface area contributed by atoms with Gasteiger partial charge in [-0.05, 0) is 32.3 Å². The van der Waals surface area contributed by atoms with Crippen molar-refractivity contribution in [1.82, 2.24) is 19.9 Å². The molecule has 2 aliphatic rings. The Balaban J connectivity index is 0.00000231. The van der Waals surface area contributed by atoms with Crippen LogP contribution in [0.4, 0.5) is 11.8 Å². The number of thiazole rings is 1. The molecule has 2 aliphatic carbocycles. The van der Waals surface area contributed by atoms with Crippen LogP contribution in [0.5, 0.6) is 0 Å². The highest BCUT2D eigenvalue weighted by Crippen LogP contribution is 2.42. The van der Waals surface area contributed by atoms with Gasteiger partial charge in [0, 0.05) is 24.1 Å². The van der Waals surface area contributed by atoms with E-state index in [0.29, 0.717) is 29.4 Å². The number of aliphatic hydroxyl groups excluding tert-OH is 3. The Morgan fingerprint density at radius 2 is 1.97 bits per heavy atom. The van der Waals surface area contributed by atoms with Crippen LogP contribution < -0.4 is 11.1 Å². The van der Waals surface area contributed by atoms with Gasteiger partial charge >= 0.3 is 0 Å². The molecule has 2 fully saturated rings. The number of aliphatic hydroxyl groups is 3. The summed E-state index contributed by atoms with van der Waals surface area (Å²) in [5.74, 6) is 0.748. The number of hydrogen-bond acceptors (Lipinski definition) is 10. The van der Waals surface area contributed by atoms with Gasteiger partial charge in [0.2, 0.25) is 5.95 Å². The minimum Gasteiger partial charge on any atom is -0.396 e. The number of nitrogen functional groups attached to an aromatic ring is 1. The van der Waals surface area contributed by atoms with E-state index in [0.717, 1.165) is 20.9 Å². The molecule has 9 nitrogen and oxygen atoms in total. The molecule has 0 amide bonds. The summed E-state index contributed by atoms with van der Waals surface area (Å²) in [4.78, 5) is 17.9. The standard InChI is InChI=1S/C20H24N6O3S.ClH/c1-8-15(19-25-13-6-22-11(9-2-3-9)5-14(13)30-19)18(26-20(21)23-8)24-12-4-10(7-27)16(28)17(12)29;/h5-6,9-10,12,16-17,27-29H,2-4,7H2,1H3,(H3,21,23,24,26);1H/t10-,12-,16-,17+;/m1./s1. The number of aryl methyl sites for hydroxylation is 1. The third kappa shape index (κ3) is 4.06. The SMILES string of the molecule is Cc1nc(N)nc(N[C@@H]2C[C@H](CO)[C@@H](O)[C@H]2O)c1-c1nc2cnc(C3CC3)cc2s1.Cl.